The Hall–Kier alpha value is -2.50. The van der Waals surface area contributed by atoms with Crippen molar-refractivity contribution in [3.05, 3.63) is 52.7 Å². The summed E-state index contributed by atoms with van der Waals surface area (Å²) in [5.41, 5.74) is 0.306. The second kappa shape index (κ2) is 6.43. The van der Waals surface area contributed by atoms with E-state index < -0.39 is 14.9 Å². The summed E-state index contributed by atoms with van der Waals surface area (Å²) < 4.78 is 27.1. The molecule has 3 rings (SSSR count). The summed E-state index contributed by atoms with van der Waals surface area (Å²) in [5, 5.41) is 19.9. The van der Waals surface area contributed by atoms with Crippen molar-refractivity contribution >= 4 is 33.1 Å². The minimum absolute atomic E-state index is 0.139. The van der Waals surface area contributed by atoms with Crippen molar-refractivity contribution in [2.24, 2.45) is 0 Å². The number of rotatable bonds is 5. The van der Waals surface area contributed by atoms with E-state index in [4.69, 9.17) is 0 Å². The molecule has 0 radical (unpaired) electrons. The molecule has 0 aliphatic heterocycles. The molecule has 2 heterocycles. The van der Waals surface area contributed by atoms with E-state index in [0.29, 0.717) is 10.8 Å². The Labute approximate surface area is 147 Å². The first-order valence-corrected chi connectivity index (χ1v) is 9.25. The van der Waals surface area contributed by atoms with Crippen molar-refractivity contribution in [2.45, 2.75) is 14.9 Å². The van der Waals surface area contributed by atoms with Crippen molar-refractivity contribution in [3.63, 3.8) is 0 Å². The maximum atomic E-state index is 12.2. The molecular weight excluding hydrogens is 366 g/mol. The smallest absolute Gasteiger partial charge is 0.277 e. The number of sulfonamides is 1. The normalized spacial score (nSPS) is 12.0. The van der Waals surface area contributed by atoms with Gasteiger partial charge in [-0.1, -0.05) is 6.07 Å². The lowest BCUT2D eigenvalue weighted by Gasteiger charge is -2.11. The van der Waals surface area contributed by atoms with Crippen LogP contribution in [0.15, 0.2) is 57.5 Å². The van der Waals surface area contributed by atoms with Crippen molar-refractivity contribution in [3.8, 4) is 0 Å². The maximum Gasteiger partial charge on any atom is 0.284 e. The van der Waals surface area contributed by atoms with E-state index in [1.165, 1.54) is 26.2 Å². The van der Waals surface area contributed by atoms with Gasteiger partial charge in [-0.25, -0.2) is 12.7 Å². The molecular formula is C14H13N5O4S2. The van der Waals surface area contributed by atoms with Crippen LogP contribution in [0.4, 0.5) is 5.69 Å². The third-order valence-corrected chi connectivity index (χ3v) is 6.23. The minimum Gasteiger partial charge on any atom is -0.277 e. The molecule has 0 amide bonds. The van der Waals surface area contributed by atoms with Gasteiger partial charge in [-0.15, -0.1) is 10.2 Å². The Balaban J connectivity index is 2.06. The van der Waals surface area contributed by atoms with Crippen LogP contribution >= 0.6 is 11.8 Å². The average molecular weight is 379 g/mol. The van der Waals surface area contributed by atoms with Crippen molar-refractivity contribution in [2.75, 3.05) is 14.1 Å². The fraction of sp³-hybridized carbons (Fsp3) is 0.143. The van der Waals surface area contributed by atoms with Crippen molar-refractivity contribution in [1.29, 1.82) is 0 Å². The van der Waals surface area contributed by atoms with Crippen LogP contribution < -0.4 is 0 Å². The number of nitro groups is 1. The fourth-order valence-electron chi connectivity index (χ4n) is 2.08. The van der Waals surface area contributed by atoms with Gasteiger partial charge in [0.25, 0.3) is 5.69 Å². The molecule has 0 aliphatic rings. The van der Waals surface area contributed by atoms with Gasteiger partial charge < -0.3 is 0 Å². The number of aromatic nitrogens is 3. The highest BCUT2D eigenvalue weighted by atomic mass is 32.2. The Morgan fingerprint density at radius 1 is 1.20 bits per heavy atom. The van der Waals surface area contributed by atoms with Gasteiger partial charge >= 0.3 is 0 Å². The molecule has 1 aromatic carbocycles. The molecule has 0 N–H and O–H groups in total. The number of hydrogen-bond acceptors (Lipinski definition) is 7. The predicted molar refractivity (Wildman–Crippen MR) is 91.1 cm³/mol. The van der Waals surface area contributed by atoms with Crippen molar-refractivity contribution < 1.29 is 13.3 Å². The van der Waals surface area contributed by atoms with Crippen LogP contribution in [-0.2, 0) is 10.0 Å². The SMILES string of the molecule is CN(C)S(=O)(=O)c1ccc(Sc2nnc3ccccn23)c([N+](=O)[O-])c1. The Morgan fingerprint density at radius 2 is 1.96 bits per heavy atom. The monoisotopic (exact) mass is 379 g/mol. The molecule has 0 spiro atoms. The Morgan fingerprint density at radius 3 is 2.64 bits per heavy atom. The fourth-order valence-corrected chi connectivity index (χ4v) is 3.91. The largest absolute Gasteiger partial charge is 0.284 e. The number of pyridine rings is 1. The van der Waals surface area contributed by atoms with Gasteiger partial charge in [0.2, 0.25) is 15.2 Å². The zero-order valence-electron chi connectivity index (χ0n) is 13.2. The summed E-state index contributed by atoms with van der Waals surface area (Å²) in [4.78, 5) is 10.9. The van der Waals surface area contributed by atoms with E-state index in [1.807, 2.05) is 6.07 Å². The molecule has 0 saturated heterocycles. The average Bonchev–Trinajstić information content (AvgIpc) is 2.98. The van der Waals surface area contributed by atoms with Crippen LogP contribution in [0.3, 0.4) is 0 Å². The minimum atomic E-state index is -3.76. The third kappa shape index (κ3) is 3.21. The van der Waals surface area contributed by atoms with E-state index in [2.05, 4.69) is 10.2 Å². The zero-order valence-corrected chi connectivity index (χ0v) is 14.9. The van der Waals surface area contributed by atoms with Gasteiger partial charge in [0.1, 0.15) is 0 Å². The highest BCUT2D eigenvalue weighted by Gasteiger charge is 2.24. The number of hydrogen-bond donors (Lipinski definition) is 0. The highest BCUT2D eigenvalue weighted by molar-refractivity contribution is 7.99. The zero-order chi connectivity index (χ0) is 18.2. The first kappa shape index (κ1) is 17.3. The lowest BCUT2D eigenvalue weighted by atomic mass is 10.3. The molecule has 9 nitrogen and oxygen atoms in total. The number of fused-ring (bicyclic) bond motifs is 1. The molecule has 0 bridgehead atoms. The predicted octanol–water partition coefficient (Wildman–Crippen LogP) is 2.04. The van der Waals surface area contributed by atoms with Gasteiger partial charge in [0.05, 0.1) is 14.7 Å². The number of nitrogens with zero attached hydrogens (tertiary/aromatic N) is 5. The highest BCUT2D eigenvalue weighted by Crippen LogP contribution is 2.35. The van der Waals surface area contributed by atoms with E-state index in [0.717, 1.165) is 22.1 Å². The molecule has 0 saturated carbocycles. The Kier molecular flexibility index (Phi) is 4.45. The molecule has 2 aromatic heterocycles. The van der Waals surface area contributed by atoms with Crippen LogP contribution in [0.1, 0.15) is 0 Å². The van der Waals surface area contributed by atoms with Crippen LogP contribution in [0, 0.1) is 10.1 Å². The maximum absolute atomic E-state index is 12.2. The third-order valence-electron chi connectivity index (χ3n) is 3.39. The van der Waals surface area contributed by atoms with Crippen LogP contribution in [0.25, 0.3) is 5.65 Å². The molecule has 0 aliphatic carbocycles. The first-order valence-electron chi connectivity index (χ1n) is 6.99. The van der Waals surface area contributed by atoms with Crippen LogP contribution in [-0.4, -0.2) is 46.3 Å². The molecule has 0 fully saturated rings. The number of nitro benzene ring substituents is 1. The van der Waals surface area contributed by atoms with Gasteiger partial charge in [-0.2, -0.15) is 0 Å². The molecule has 130 valence electrons. The molecule has 0 unspecified atom stereocenters. The quantitative estimate of drug-likeness (QED) is 0.493. The lowest BCUT2D eigenvalue weighted by molar-refractivity contribution is -0.388. The summed E-state index contributed by atoms with van der Waals surface area (Å²) in [7, 11) is -1.03. The van der Waals surface area contributed by atoms with Gasteiger partial charge in [0.15, 0.2) is 5.65 Å². The molecule has 3 aromatic rings. The van der Waals surface area contributed by atoms with Crippen LogP contribution in [0.5, 0.6) is 0 Å². The first-order chi connectivity index (χ1) is 11.8. The number of benzene rings is 1. The molecule has 11 heteroatoms. The summed E-state index contributed by atoms with van der Waals surface area (Å²) in [6.45, 7) is 0. The van der Waals surface area contributed by atoms with E-state index in [1.54, 1.807) is 22.7 Å². The molecule has 0 atom stereocenters. The second-order valence-corrected chi connectivity index (χ2v) is 8.35. The second-order valence-electron chi connectivity index (χ2n) is 5.19. The van der Waals surface area contributed by atoms with E-state index >= 15 is 0 Å². The summed E-state index contributed by atoms with van der Waals surface area (Å²) >= 11 is 1.05. The Bertz CT molecular complexity index is 1060. The van der Waals surface area contributed by atoms with Gasteiger partial charge in [-0.3, -0.25) is 14.5 Å². The summed E-state index contributed by atoms with van der Waals surface area (Å²) in [5.74, 6) is 0. The topological polar surface area (TPSA) is 111 Å². The van der Waals surface area contributed by atoms with Crippen molar-refractivity contribution in [1.82, 2.24) is 18.9 Å². The summed E-state index contributed by atoms with van der Waals surface area (Å²) in [6.07, 6.45) is 1.74. The van der Waals surface area contributed by atoms with Gasteiger partial charge in [0, 0.05) is 26.4 Å². The van der Waals surface area contributed by atoms with E-state index in [9.17, 15) is 18.5 Å². The summed E-state index contributed by atoms with van der Waals surface area (Å²) in [6, 6.07) is 9.17. The van der Waals surface area contributed by atoms with Gasteiger partial charge in [-0.05, 0) is 36.0 Å². The van der Waals surface area contributed by atoms with E-state index in [-0.39, 0.29) is 15.5 Å². The van der Waals surface area contributed by atoms with Crippen LogP contribution in [0.2, 0.25) is 0 Å². The lowest BCUT2D eigenvalue weighted by Crippen LogP contribution is -2.22. The standard InChI is InChI=1S/C14H13N5O4S2/c1-17(2)25(22,23)10-6-7-12(11(9-10)19(20)21)24-14-16-15-13-5-3-4-8-18(13)14/h3-9H,1-2H3. The molecule has 25 heavy (non-hydrogen) atoms.